The Bertz CT molecular complexity index is 1280. The molecule has 9 nitrogen and oxygen atoms in total. The number of carboxylic acid groups (broad SMARTS) is 2. The second-order valence-corrected chi connectivity index (χ2v) is 7.34. The number of aromatic carboxylic acids is 1. The van der Waals surface area contributed by atoms with Gasteiger partial charge in [-0.1, -0.05) is 18.2 Å². The number of aromatic nitrogens is 1. The van der Waals surface area contributed by atoms with Crippen LogP contribution in [0.15, 0.2) is 73.1 Å². The SMILES string of the molecule is COc1cc(/C=C/C(=O)Nc2ccccc2C(=O)O)ccc1OCCc1ccncc1.O=C(O)C(F)(F)F. The number of anilines is 1. The molecule has 0 aliphatic carbocycles. The zero-order valence-electron chi connectivity index (χ0n) is 19.9. The fourth-order valence-corrected chi connectivity index (χ4v) is 2.86. The van der Waals surface area contributed by atoms with Crippen LogP contribution in [0.3, 0.4) is 0 Å². The van der Waals surface area contributed by atoms with Crippen LogP contribution in [0.2, 0.25) is 0 Å². The molecule has 1 aromatic heterocycles. The molecule has 0 aliphatic rings. The number of hydrogen-bond donors (Lipinski definition) is 3. The molecule has 0 unspecified atom stereocenters. The van der Waals surface area contributed by atoms with Crippen molar-refractivity contribution < 1.29 is 47.2 Å². The van der Waals surface area contributed by atoms with Gasteiger partial charge in [-0.3, -0.25) is 9.78 Å². The van der Waals surface area contributed by atoms with Gasteiger partial charge < -0.3 is 25.0 Å². The number of amides is 1. The van der Waals surface area contributed by atoms with E-state index in [0.717, 1.165) is 17.5 Å². The zero-order chi connectivity index (χ0) is 28.1. The molecule has 1 heterocycles. The van der Waals surface area contributed by atoms with E-state index < -0.39 is 24.0 Å². The van der Waals surface area contributed by atoms with Crippen LogP contribution in [0.1, 0.15) is 21.5 Å². The number of carboxylic acids is 2. The summed E-state index contributed by atoms with van der Waals surface area (Å²) in [4.78, 5) is 36.3. The standard InChI is InChI=1S/C24H22N2O5.C2HF3O2/c1-30-22-16-18(6-8-21(22)31-15-12-17-10-13-25-14-11-17)7-9-23(27)26-20-5-3-2-4-19(20)24(28)29;3-2(4,5)1(6)7/h2-11,13-14,16H,12,15H2,1H3,(H,26,27)(H,28,29);(H,6,7)/b9-7+;. The maximum Gasteiger partial charge on any atom is 0.490 e. The van der Waals surface area contributed by atoms with Crippen molar-refractivity contribution in [2.24, 2.45) is 0 Å². The van der Waals surface area contributed by atoms with Gasteiger partial charge in [0.05, 0.1) is 25.0 Å². The summed E-state index contributed by atoms with van der Waals surface area (Å²) in [5.41, 5.74) is 2.13. The van der Waals surface area contributed by atoms with Crippen LogP contribution in [-0.2, 0) is 16.0 Å². The predicted octanol–water partition coefficient (Wildman–Crippen LogP) is 4.70. The normalized spacial score (nSPS) is 10.7. The largest absolute Gasteiger partial charge is 0.493 e. The number of carbonyl (C=O) groups is 3. The van der Waals surface area contributed by atoms with E-state index in [1.54, 1.807) is 55.9 Å². The molecule has 0 saturated carbocycles. The fraction of sp³-hybridized carbons (Fsp3) is 0.154. The second-order valence-electron chi connectivity index (χ2n) is 7.34. The van der Waals surface area contributed by atoms with E-state index in [-0.39, 0.29) is 11.3 Å². The Morgan fingerprint density at radius 2 is 1.66 bits per heavy atom. The van der Waals surface area contributed by atoms with E-state index in [1.807, 2.05) is 12.1 Å². The molecule has 2 aromatic carbocycles. The van der Waals surface area contributed by atoms with Gasteiger partial charge in [-0.05, 0) is 53.6 Å². The first-order valence-corrected chi connectivity index (χ1v) is 10.8. The van der Waals surface area contributed by atoms with Crippen molar-refractivity contribution in [3.8, 4) is 11.5 Å². The number of pyridine rings is 1. The summed E-state index contributed by atoms with van der Waals surface area (Å²) in [6.07, 6.45) is 2.09. The molecule has 3 aromatic rings. The van der Waals surface area contributed by atoms with E-state index in [1.165, 1.54) is 18.2 Å². The van der Waals surface area contributed by atoms with Gasteiger partial charge in [-0.2, -0.15) is 13.2 Å². The van der Waals surface area contributed by atoms with Crippen LogP contribution in [0.5, 0.6) is 11.5 Å². The van der Waals surface area contributed by atoms with Crippen LogP contribution < -0.4 is 14.8 Å². The molecule has 0 fully saturated rings. The minimum Gasteiger partial charge on any atom is -0.493 e. The molecule has 12 heteroatoms. The van der Waals surface area contributed by atoms with Gasteiger partial charge in [-0.15, -0.1) is 0 Å². The predicted molar refractivity (Wildman–Crippen MR) is 131 cm³/mol. The summed E-state index contributed by atoms with van der Waals surface area (Å²) in [5, 5.41) is 18.9. The molecule has 200 valence electrons. The Labute approximate surface area is 215 Å². The number of nitrogens with one attached hydrogen (secondary N) is 1. The molecule has 0 atom stereocenters. The van der Waals surface area contributed by atoms with Crippen molar-refractivity contribution in [3.05, 3.63) is 89.8 Å². The lowest BCUT2D eigenvalue weighted by atomic mass is 10.1. The molecule has 0 saturated heterocycles. The highest BCUT2D eigenvalue weighted by atomic mass is 19.4. The quantitative estimate of drug-likeness (QED) is 0.338. The van der Waals surface area contributed by atoms with Crippen LogP contribution >= 0.6 is 0 Å². The van der Waals surface area contributed by atoms with Crippen molar-refractivity contribution in [1.82, 2.24) is 4.98 Å². The number of rotatable bonds is 9. The van der Waals surface area contributed by atoms with Crippen LogP contribution in [0, 0.1) is 0 Å². The lowest BCUT2D eigenvalue weighted by Crippen LogP contribution is -2.21. The maximum atomic E-state index is 12.2. The number of halogens is 3. The highest BCUT2D eigenvalue weighted by Crippen LogP contribution is 2.28. The Hall–Kier alpha value is -4.87. The Kier molecular flexibility index (Phi) is 10.8. The molecular formula is C26H23F3N2O7. The molecule has 0 bridgehead atoms. The number of benzene rings is 2. The highest BCUT2D eigenvalue weighted by molar-refractivity contribution is 6.06. The Morgan fingerprint density at radius 3 is 2.26 bits per heavy atom. The molecular weight excluding hydrogens is 509 g/mol. The first kappa shape index (κ1) is 29.4. The summed E-state index contributed by atoms with van der Waals surface area (Å²) in [5.74, 6) is -3.15. The van der Waals surface area contributed by atoms with Crippen LogP contribution in [0.4, 0.5) is 18.9 Å². The number of ether oxygens (including phenoxy) is 2. The average Bonchev–Trinajstić information content (AvgIpc) is 2.88. The van der Waals surface area contributed by atoms with Crippen molar-refractivity contribution in [2.45, 2.75) is 12.6 Å². The highest BCUT2D eigenvalue weighted by Gasteiger charge is 2.38. The number of para-hydroxylation sites is 1. The third-order valence-electron chi connectivity index (χ3n) is 4.67. The monoisotopic (exact) mass is 532 g/mol. The minimum absolute atomic E-state index is 0.0270. The van der Waals surface area contributed by atoms with E-state index in [2.05, 4.69) is 10.3 Å². The topological polar surface area (TPSA) is 135 Å². The zero-order valence-corrected chi connectivity index (χ0v) is 19.9. The number of nitrogens with zero attached hydrogens (tertiary/aromatic N) is 1. The van der Waals surface area contributed by atoms with Gasteiger partial charge in [-0.25, -0.2) is 9.59 Å². The molecule has 0 radical (unpaired) electrons. The molecule has 3 N–H and O–H groups in total. The van der Waals surface area contributed by atoms with Crippen molar-refractivity contribution in [2.75, 3.05) is 19.0 Å². The molecule has 1 amide bonds. The second kappa shape index (κ2) is 14.0. The first-order valence-electron chi connectivity index (χ1n) is 10.8. The number of hydrogen-bond acceptors (Lipinski definition) is 6. The summed E-state index contributed by atoms with van der Waals surface area (Å²) < 4.78 is 43.0. The number of methoxy groups -OCH3 is 1. The number of alkyl halides is 3. The third-order valence-corrected chi connectivity index (χ3v) is 4.67. The lowest BCUT2D eigenvalue weighted by Gasteiger charge is -2.11. The Balaban J connectivity index is 0.000000638. The fourth-order valence-electron chi connectivity index (χ4n) is 2.86. The van der Waals surface area contributed by atoms with Gasteiger partial charge in [0, 0.05) is 24.9 Å². The van der Waals surface area contributed by atoms with E-state index in [4.69, 9.17) is 19.4 Å². The van der Waals surface area contributed by atoms with Crippen molar-refractivity contribution in [3.63, 3.8) is 0 Å². The maximum absolute atomic E-state index is 12.2. The third kappa shape index (κ3) is 9.64. The first-order chi connectivity index (χ1) is 18.0. The summed E-state index contributed by atoms with van der Waals surface area (Å²) in [6.45, 7) is 0.487. The number of carbonyl (C=O) groups excluding carboxylic acids is 1. The summed E-state index contributed by atoms with van der Waals surface area (Å²) in [6, 6.07) is 15.4. The molecule has 3 rings (SSSR count). The molecule has 0 spiro atoms. The summed E-state index contributed by atoms with van der Waals surface area (Å²) >= 11 is 0. The van der Waals surface area contributed by atoms with Gasteiger partial charge >= 0.3 is 18.1 Å². The van der Waals surface area contributed by atoms with Crippen molar-refractivity contribution in [1.29, 1.82) is 0 Å². The smallest absolute Gasteiger partial charge is 0.490 e. The van der Waals surface area contributed by atoms with Gasteiger partial charge in [0.15, 0.2) is 11.5 Å². The van der Waals surface area contributed by atoms with Crippen LogP contribution in [0.25, 0.3) is 6.08 Å². The van der Waals surface area contributed by atoms with Gasteiger partial charge in [0.1, 0.15) is 0 Å². The van der Waals surface area contributed by atoms with Gasteiger partial charge in [0.25, 0.3) is 0 Å². The lowest BCUT2D eigenvalue weighted by molar-refractivity contribution is -0.192. The van der Waals surface area contributed by atoms with E-state index >= 15 is 0 Å². The van der Waals surface area contributed by atoms with Gasteiger partial charge in [0.2, 0.25) is 5.91 Å². The van der Waals surface area contributed by atoms with Crippen LogP contribution in [-0.4, -0.2) is 52.9 Å². The average molecular weight is 532 g/mol. The molecule has 0 aliphatic heterocycles. The number of aliphatic carboxylic acids is 1. The van der Waals surface area contributed by atoms with Crippen molar-refractivity contribution >= 4 is 29.6 Å². The van der Waals surface area contributed by atoms with E-state index in [0.29, 0.717) is 18.1 Å². The molecule has 38 heavy (non-hydrogen) atoms. The van der Waals surface area contributed by atoms with E-state index in [9.17, 15) is 27.9 Å². The Morgan fingerprint density at radius 1 is 1.00 bits per heavy atom. The minimum atomic E-state index is -5.08. The summed E-state index contributed by atoms with van der Waals surface area (Å²) in [7, 11) is 1.55.